The Morgan fingerprint density at radius 1 is 1.42 bits per heavy atom. The molecule has 0 bridgehead atoms. The standard InChI is InChI=1S/C9H7BrO2/c10-7-2-1-3-8-9(7)6(4-11)5-12-8/h1-3,5,11H,4H2. The third kappa shape index (κ3) is 1.06. The highest BCUT2D eigenvalue weighted by Gasteiger charge is 2.06. The summed E-state index contributed by atoms with van der Waals surface area (Å²) in [5, 5.41) is 9.93. The molecule has 0 unspecified atom stereocenters. The molecule has 0 amide bonds. The third-order valence-electron chi connectivity index (χ3n) is 1.79. The van der Waals surface area contributed by atoms with Crippen LogP contribution in [0.25, 0.3) is 11.0 Å². The second-order valence-corrected chi connectivity index (χ2v) is 3.39. The molecule has 1 aromatic carbocycles. The van der Waals surface area contributed by atoms with Gasteiger partial charge in [0.1, 0.15) is 5.58 Å². The van der Waals surface area contributed by atoms with E-state index in [9.17, 15) is 0 Å². The van der Waals surface area contributed by atoms with Gasteiger partial charge in [0.05, 0.1) is 12.9 Å². The van der Waals surface area contributed by atoms with Crippen molar-refractivity contribution >= 4 is 26.9 Å². The molecule has 0 aliphatic carbocycles. The lowest BCUT2D eigenvalue weighted by Gasteiger charge is -1.93. The van der Waals surface area contributed by atoms with E-state index in [1.807, 2.05) is 18.2 Å². The molecule has 3 heteroatoms. The Balaban J connectivity index is 2.83. The minimum absolute atomic E-state index is 0.00954. The van der Waals surface area contributed by atoms with Crippen LogP contribution in [0.1, 0.15) is 5.56 Å². The Morgan fingerprint density at radius 2 is 2.25 bits per heavy atom. The van der Waals surface area contributed by atoms with Gasteiger partial charge in [-0.25, -0.2) is 0 Å². The van der Waals surface area contributed by atoms with Crippen molar-refractivity contribution in [3.63, 3.8) is 0 Å². The molecule has 0 fully saturated rings. The molecule has 0 saturated carbocycles. The fraction of sp³-hybridized carbons (Fsp3) is 0.111. The highest BCUT2D eigenvalue weighted by Crippen LogP contribution is 2.28. The van der Waals surface area contributed by atoms with Crippen molar-refractivity contribution in [3.05, 3.63) is 34.5 Å². The minimum Gasteiger partial charge on any atom is -0.464 e. The first-order valence-electron chi connectivity index (χ1n) is 3.58. The van der Waals surface area contributed by atoms with E-state index in [-0.39, 0.29) is 6.61 Å². The average molecular weight is 227 g/mol. The quantitative estimate of drug-likeness (QED) is 0.812. The lowest BCUT2D eigenvalue weighted by molar-refractivity contribution is 0.281. The van der Waals surface area contributed by atoms with Gasteiger partial charge in [-0.15, -0.1) is 0 Å². The van der Waals surface area contributed by atoms with Crippen LogP contribution in [-0.2, 0) is 6.61 Å². The lowest BCUT2D eigenvalue weighted by Crippen LogP contribution is -1.79. The van der Waals surface area contributed by atoms with E-state index >= 15 is 0 Å². The van der Waals surface area contributed by atoms with Crippen LogP contribution >= 0.6 is 15.9 Å². The lowest BCUT2D eigenvalue weighted by atomic mass is 10.2. The highest BCUT2D eigenvalue weighted by atomic mass is 79.9. The molecule has 0 aliphatic rings. The van der Waals surface area contributed by atoms with E-state index in [0.29, 0.717) is 0 Å². The van der Waals surface area contributed by atoms with Gasteiger partial charge in [-0.05, 0) is 12.1 Å². The molecule has 0 radical (unpaired) electrons. The molecule has 2 rings (SSSR count). The summed E-state index contributed by atoms with van der Waals surface area (Å²) in [4.78, 5) is 0. The van der Waals surface area contributed by atoms with Crippen molar-refractivity contribution in [1.29, 1.82) is 0 Å². The zero-order chi connectivity index (χ0) is 8.55. The molecule has 0 aliphatic heterocycles. The van der Waals surface area contributed by atoms with E-state index < -0.39 is 0 Å². The van der Waals surface area contributed by atoms with Gasteiger partial charge in [0.15, 0.2) is 0 Å². The summed E-state index contributed by atoms with van der Waals surface area (Å²) < 4.78 is 6.19. The predicted molar refractivity (Wildman–Crippen MR) is 49.8 cm³/mol. The van der Waals surface area contributed by atoms with Crippen molar-refractivity contribution in [1.82, 2.24) is 0 Å². The van der Waals surface area contributed by atoms with Crippen molar-refractivity contribution in [3.8, 4) is 0 Å². The molecule has 1 aromatic heterocycles. The van der Waals surface area contributed by atoms with Crippen LogP contribution in [-0.4, -0.2) is 5.11 Å². The first-order chi connectivity index (χ1) is 5.83. The molecular formula is C9H7BrO2. The number of benzene rings is 1. The van der Waals surface area contributed by atoms with Gasteiger partial charge in [-0.1, -0.05) is 22.0 Å². The van der Waals surface area contributed by atoms with Gasteiger partial charge in [0.2, 0.25) is 0 Å². The van der Waals surface area contributed by atoms with Crippen LogP contribution in [0.2, 0.25) is 0 Å². The van der Waals surface area contributed by atoms with E-state index in [1.54, 1.807) is 6.26 Å². The maximum absolute atomic E-state index is 8.97. The highest BCUT2D eigenvalue weighted by molar-refractivity contribution is 9.10. The molecule has 2 aromatic rings. The number of fused-ring (bicyclic) bond motifs is 1. The summed E-state index contributed by atoms with van der Waals surface area (Å²) in [5.74, 6) is 0. The summed E-state index contributed by atoms with van der Waals surface area (Å²) in [6.45, 7) is 0.00954. The van der Waals surface area contributed by atoms with Crippen LogP contribution in [0.3, 0.4) is 0 Å². The number of rotatable bonds is 1. The van der Waals surface area contributed by atoms with E-state index in [0.717, 1.165) is 21.0 Å². The molecule has 1 N–H and O–H groups in total. The molecule has 0 atom stereocenters. The second-order valence-electron chi connectivity index (χ2n) is 2.53. The summed E-state index contributed by atoms with van der Waals surface area (Å²) in [5.41, 5.74) is 1.62. The number of hydrogen-bond donors (Lipinski definition) is 1. The average Bonchev–Trinajstić information content (AvgIpc) is 2.49. The first-order valence-corrected chi connectivity index (χ1v) is 4.37. The minimum atomic E-state index is 0.00954. The van der Waals surface area contributed by atoms with Crippen LogP contribution in [0.15, 0.2) is 33.4 Å². The second kappa shape index (κ2) is 2.92. The van der Waals surface area contributed by atoms with Crippen LogP contribution < -0.4 is 0 Å². The van der Waals surface area contributed by atoms with Crippen molar-refractivity contribution in [2.75, 3.05) is 0 Å². The fourth-order valence-corrected chi connectivity index (χ4v) is 1.83. The fourth-order valence-electron chi connectivity index (χ4n) is 1.22. The third-order valence-corrected chi connectivity index (χ3v) is 2.46. The van der Waals surface area contributed by atoms with Crippen LogP contribution in [0.4, 0.5) is 0 Å². The zero-order valence-electron chi connectivity index (χ0n) is 6.25. The van der Waals surface area contributed by atoms with Gasteiger partial charge in [0.25, 0.3) is 0 Å². The Bertz CT molecular complexity index is 406. The van der Waals surface area contributed by atoms with Gasteiger partial charge < -0.3 is 9.52 Å². The van der Waals surface area contributed by atoms with Crippen molar-refractivity contribution in [2.45, 2.75) is 6.61 Å². The Morgan fingerprint density at radius 3 is 3.00 bits per heavy atom. The van der Waals surface area contributed by atoms with Crippen molar-refractivity contribution in [2.24, 2.45) is 0 Å². The zero-order valence-corrected chi connectivity index (χ0v) is 7.84. The number of halogens is 1. The molecule has 2 nitrogen and oxygen atoms in total. The van der Waals surface area contributed by atoms with Gasteiger partial charge in [-0.2, -0.15) is 0 Å². The topological polar surface area (TPSA) is 33.4 Å². The van der Waals surface area contributed by atoms with Crippen LogP contribution in [0.5, 0.6) is 0 Å². The molecular weight excluding hydrogens is 220 g/mol. The molecule has 62 valence electrons. The smallest absolute Gasteiger partial charge is 0.135 e. The Hall–Kier alpha value is -0.800. The normalized spacial score (nSPS) is 10.8. The number of furan rings is 1. The van der Waals surface area contributed by atoms with Crippen LogP contribution in [0, 0.1) is 0 Å². The van der Waals surface area contributed by atoms with E-state index in [2.05, 4.69) is 15.9 Å². The molecule has 0 spiro atoms. The number of aliphatic hydroxyl groups is 1. The largest absolute Gasteiger partial charge is 0.464 e. The summed E-state index contributed by atoms with van der Waals surface area (Å²) in [6, 6.07) is 5.70. The van der Waals surface area contributed by atoms with Crippen molar-refractivity contribution < 1.29 is 9.52 Å². The van der Waals surface area contributed by atoms with Gasteiger partial charge in [-0.3, -0.25) is 0 Å². The summed E-state index contributed by atoms with van der Waals surface area (Å²) >= 11 is 3.40. The Kier molecular flexibility index (Phi) is 1.90. The number of aliphatic hydroxyl groups excluding tert-OH is 1. The SMILES string of the molecule is OCc1coc2cccc(Br)c12. The monoisotopic (exact) mass is 226 g/mol. The number of hydrogen-bond acceptors (Lipinski definition) is 2. The predicted octanol–water partition coefficient (Wildman–Crippen LogP) is 2.69. The first kappa shape index (κ1) is 7.83. The van der Waals surface area contributed by atoms with Gasteiger partial charge in [0, 0.05) is 15.4 Å². The van der Waals surface area contributed by atoms with Gasteiger partial charge >= 0.3 is 0 Å². The van der Waals surface area contributed by atoms with E-state index in [1.165, 1.54) is 0 Å². The van der Waals surface area contributed by atoms with E-state index in [4.69, 9.17) is 9.52 Å². The molecule has 1 heterocycles. The summed E-state index contributed by atoms with van der Waals surface area (Å²) in [6.07, 6.45) is 1.58. The summed E-state index contributed by atoms with van der Waals surface area (Å²) in [7, 11) is 0. The maximum Gasteiger partial charge on any atom is 0.135 e. The Labute approximate surface area is 77.9 Å². The molecule has 0 saturated heterocycles. The molecule has 12 heavy (non-hydrogen) atoms. The maximum atomic E-state index is 8.97.